The maximum atomic E-state index is 9.47. The summed E-state index contributed by atoms with van der Waals surface area (Å²) in [6.45, 7) is 2.82. The van der Waals surface area contributed by atoms with E-state index in [2.05, 4.69) is 15.3 Å². The van der Waals surface area contributed by atoms with Crippen molar-refractivity contribution in [3.8, 4) is 22.9 Å². The molecular formula is C16H19N3O2. The van der Waals surface area contributed by atoms with Crippen molar-refractivity contribution in [1.29, 1.82) is 0 Å². The number of nitrogens with zero attached hydrogens (tertiary/aromatic N) is 2. The van der Waals surface area contributed by atoms with Crippen LogP contribution in [-0.4, -0.2) is 34.8 Å². The van der Waals surface area contributed by atoms with Crippen LogP contribution in [0.3, 0.4) is 0 Å². The van der Waals surface area contributed by atoms with Crippen molar-refractivity contribution < 1.29 is 9.84 Å². The first-order valence-corrected chi connectivity index (χ1v) is 7.26. The first kappa shape index (κ1) is 13.8. The summed E-state index contributed by atoms with van der Waals surface area (Å²) in [5.41, 5.74) is 0.790. The molecule has 1 fully saturated rings. The number of aromatic nitrogens is 2. The standard InChI is InChI=1S/C16H19N3O2/c20-14-5-1-4-13(7-14)16-18-9-15(10-19-16)21-11-12-3-2-6-17-8-12/h1,4-5,7,9-10,12,17,20H,2-3,6,8,11H2. The number of nitrogens with one attached hydrogen (secondary N) is 1. The maximum absolute atomic E-state index is 9.47. The van der Waals surface area contributed by atoms with Gasteiger partial charge in [0.2, 0.25) is 0 Å². The molecule has 1 unspecified atom stereocenters. The lowest BCUT2D eigenvalue weighted by atomic mass is 10.0. The summed E-state index contributed by atoms with van der Waals surface area (Å²) in [5, 5.41) is 12.8. The van der Waals surface area contributed by atoms with Crippen molar-refractivity contribution in [2.75, 3.05) is 19.7 Å². The quantitative estimate of drug-likeness (QED) is 0.901. The van der Waals surface area contributed by atoms with Gasteiger partial charge in [-0.25, -0.2) is 9.97 Å². The van der Waals surface area contributed by atoms with Crippen LogP contribution in [0.4, 0.5) is 0 Å². The molecule has 1 aromatic carbocycles. The van der Waals surface area contributed by atoms with Gasteiger partial charge >= 0.3 is 0 Å². The van der Waals surface area contributed by atoms with Crippen LogP contribution in [0.2, 0.25) is 0 Å². The summed E-state index contributed by atoms with van der Waals surface area (Å²) >= 11 is 0. The second kappa shape index (κ2) is 6.54. The van der Waals surface area contributed by atoms with Crippen molar-refractivity contribution in [1.82, 2.24) is 15.3 Å². The molecule has 2 aromatic rings. The van der Waals surface area contributed by atoms with Gasteiger partial charge in [-0.2, -0.15) is 0 Å². The number of benzene rings is 1. The van der Waals surface area contributed by atoms with Gasteiger partial charge in [0.15, 0.2) is 11.6 Å². The molecule has 5 nitrogen and oxygen atoms in total. The smallest absolute Gasteiger partial charge is 0.159 e. The Morgan fingerprint density at radius 1 is 1.29 bits per heavy atom. The minimum absolute atomic E-state index is 0.209. The number of hydrogen-bond acceptors (Lipinski definition) is 5. The van der Waals surface area contributed by atoms with Crippen LogP contribution in [0.15, 0.2) is 36.7 Å². The van der Waals surface area contributed by atoms with E-state index in [4.69, 9.17) is 4.74 Å². The summed E-state index contributed by atoms with van der Waals surface area (Å²) in [6, 6.07) is 6.90. The van der Waals surface area contributed by atoms with Gasteiger partial charge in [0.1, 0.15) is 5.75 Å². The van der Waals surface area contributed by atoms with E-state index in [0.717, 1.165) is 18.7 Å². The third kappa shape index (κ3) is 3.70. The molecule has 5 heteroatoms. The molecule has 21 heavy (non-hydrogen) atoms. The molecule has 0 spiro atoms. The van der Waals surface area contributed by atoms with Crippen molar-refractivity contribution in [3.05, 3.63) is 36.7 Å². The van der Waals surface area contributed by atoms with Crippen LogP contribution in [-0.2, 0) is 0 Å². The Bertz CT molecular complexity index is 580. The van der Waals surface area contributed by atoms with Gasteiger partial charge in [0.25, 0.3) is 0 Å². The van der Waals surface area contributed by atoms with Gasteiger partial charge in [-0.3, -0.25) is 0 Å². The fourth-order valence-electron chi connectivity index (χ4n) is 2.47. The van der Waals surface area contributed by atoms with Gasteiger partial charge in [-0.05, 0) is 31.5 Å². The van der Waals surface area contributed by atoms with Crippen molar-refractivity contribution >= 4 is 0 Å². The molecule has 0 bridgehead atoms. The normalized spacial score (nSPS) is 18.4. The summed E-state index contributed by atoms with van der Waals surface area (Å²) in [7, 11) is 0. The number of hydrogen-bond donors (Lipinski definition) is 2. The lowest BCUT2D eigenvalue weighted by Crippen LogP contribution is -2.33. The highest BCUT2D eigenvalue weighted by Gasteiger charge is 2.13. The van der Waals surface area contributed by atoms with Crippen molar-refractivity contribution in [2.24, 2.45) is 5.92 Å². The fraction of sp³-hybridized carbons (Fsp3) is 0.375. The second-order valence-corrected chi connectivity index (χ2v) is 5.32. The predicted octanol–water partition coefficient (Wildman–Crippen LogP) is 2.23. The molecule has 0 amide bonds. The zero-order valence-electron chi connectivity index (χ0n) is 11.8. The van der Waals surface area contributed by atoms with Gasteiger partial charge in [-0.15, -0.1) is 0 Å². The maximum Gasteiger partial charge on any atom is 0.159 e. The average Bonchev–Trinajstić information content (AvgIpc) is 2.54. The third-order valence-corrected chi connectivity index (χ3v) is 3.62. The SMILES string of the molecule is Oc1cccc(-c2ncc(OCC3CCCNC3)cn2)c1. The van der Waals surface area contributed by atoms with E-state index in [1.807, 2.05) is 6.07 Å². The predicted molar refractivity (Wildman–Crippen MR) is 80.2 cm³/mol. The molecule has 1 aromatic heterocycles. The summed E-state index contributed by atoms with van der Waals surface area (Å²) in [5.74, 6) is 2.03. The number of piperidine rings is 1. The first-order valence-electron chi connectivity index (χ1n) is 7.26. The molecule has 110 valence electrons. The number of aromatic hydroxyl groups is 1. The van der Waals surface area contributed by atoms with E-state index in [-0.39, 0.29) is 5.75 Å². The largest absolute Gasteiger partial charge is 0.508 e. The topological polar surface area (TPSA) is 67.3 Å². The highest BCUT2D eigenvalue weighted by atomic mass is 16.5. The van der Waals surface area contributed by atoms with Crippen molar-refractivity contribution in [2.45, 2.75) is 12.8 Å². The average molecular weight is 285 g/mol. The van der Waals surface area contributed by atoms with Crippen LogP contribution < -0.4 is 10.1 Å². The highest BCUT2D eigenvalue weighted by Crippen LogP contribution is 2.21. The van der Waals surface area contributed by atoms with Crippen molar-refractivity contribution in [3.63, 3.8) is 0 Å². The van der Waals surface area contributed by atoms with Gasteiger partial charge in [-0.1, -0.05) is 12.1 Å². The zero-order chi connectivity index (χ0) is 14.5. The number of phenolic OH excluding ortho intramolecular Hbond substituents is 1. The Morgan fingerprint density at radius 2 is 2.14 bits per heavy atom. The molecule has 1 saturated heterocycles. The van der Waals surface area contributed by atoms with Gasteiger partial charge < -0.3 is 15.2 Å². The van der Waals surface area contributed by atoms with Crippen LogP contribution in [0, 0.1) is 5.92 Å². The minimum atomic E-state index is 0.209. The number of phenols is 1. The molecule has 1 aliphatic heterocycles. The molecular weight excluding hydrogens is 266 g/mol. The fourth-order valence-corrected chi connectivity index (χ4v) is 2.47. The van der Waals surface area contributed by atoms with E-state index in [9.17, 15) is 5.11 Å². The van der Waals surface area contributed by atoms with E-state index in [0.29, 0.717) is 24.1 Å². The molecule has 1 aliphatic rings. The molecule has 3 rings (SSSR count). The Morgan fingerprint density at radius 3 is 2.86 bits per heavy atom. The highest BCUT2D eigenvalue weighted by molar-refractivity contribution is 5.57. The summed E-state index contributed by atoms with van der Waals surface area (Å²) < 4.78 is 5.75. The second-order valence-electron chi connectivity index (χ2n) is 5.32. The molecule has 0 saturated carbocycles. The van der Waals surface area contributed by atoms with Crippen LogP contribution in [0.1, 0.15) is 12.8 Å². The number of rotatable bonds is 4. The van der Waals surface area contributed by atoms with Crippen LogP contribution in [0.5, 0.6) is 11.5 Å². The Balaban J connectivity index is 1.61. The number of ether oxygens (including phenoxy) is 1. The zero-order valence-corrected chi connectivity index (χ0v) is 11.8. The Kier molecular flexibility index (Phi) is 4.31. The molecule has 1 atom stereocenters. The minimum Gasteiger partial charge on any atom is -0.508 e. The Labute approximate surface area is 124 Å². The van der Waals surface area contributed by atoms with Crippen LogP contribution >= 0.6 is 0 Å². The molecule has 0 aliphatic carbocycles. The summed E-state index contributed by atoms with van der Waals surface area (Å²) in [6.07, 6.45) is 5.78. The monoisotopic (exact) mass is 285 g/mol. The van der Waals surface area contributed by atoms with E-state index < -0.39 is 0 Å². The lowest BCUT2D eigenvalue weighted by Gasteiger charge is -2.22. The Hall–Kier alpha value is -2.14. The van der Waals surface area contributed by atoms with E-state index in [1.165, 1.54) is 12.8 Å². The van der Waals surface area contributed by atoms with Gasteiger partial charge in [0.05, 0.1) is 19.0 Å². The van der Waals surface area contributed by atoms with E-state index >= 15 is 0 Å². The first-order chi connectivity index (χ1) is 10.3. The van der Waals surface area contributed by atoms with Gasteiger partial charge in [0, 0.05) is 18.0 Å². The third-order valence-electron chi connectivity index (χ3n) is 3.62. The lowest BCUT2D eigenvalue weighted by molar-refractivity contribution is 0.217. The molecule has 0 radical (unpaired) electrons. The van der Waals surface area contributed by atoms with Crippen LogP contribution in [0.25, 0.3) is 11.4 Å². The molecule has 2 N–H and O–H groups in total. The van der Waals surface area contributed by atoms with E-state index in [1.54, 1.807) is 30.6 Å². The summed E-state index contributed by atoms with van der Waals surface area (Å²) in [4.78, 5) is 8.58. The molecule has 2 heterocycles.